The summed E-state index contributed by atoms with van der Waals surface area (Å²) in [5, 5.41) is 0.526. The quantitative estimate of drug-likeness (QED) is 0.485. The summed E-state index contributed by atoms with van der Waals surface area (Å²) in [5.41, 5.74) is 0. The Bertz CT molecular complexity index is 351. The lowest BCUT2D eigenvalue weighted by molar-refractivity contribution is 0.159. The fourth-order valence-electron chi connectivity index (χ4n) is 1.92. The zero-order chi connectivity index (χ0) is 16.7. The average molecular weight is 329 g/mol. The van der Waals surface area contributed by atoms with Crippen molar-refractivity contribution in [3.8, 4) is 0 Å². The van der Waals surface area contributed by atoms with Gasteiger partial charge in [-0.2, -0.15) is 0 Å². The summed E-state index contributed by atoms with van der Waals surface area (Å²) in [6.07, 6.45) is 5.90. The highest BCUT2D eigenvalue weighted by Crippen LogP contribution is 2.41. The SMILES string of the molecule is CC(C)(C)[Si](C)(C)OC1C=CC(O[Si](C)(C)C(C)(C)C)C1. The lowest BCUT2D eigenvalue weighted by atomic mass is 10.2. The van der Waals surface area contributed by atoms with Crippen LogP contribution in [0.3, 0.4) is 0 Å². The largest absolute Gasteiger partial charge is 0.410 e. The van der Waals surface area contributed by atoms with Gasteiger partial charge in [0.05, 0.1) is 12.2 Å². The van der Waals surface area contributed by atoms with Crippen LogP contribution in [0.25, 0.3) is 0 Å². The maximum Gasteiger partial charge on any atom is 0.192 e. The molecule has 4 heteroatoms. The number of rotatable bonds is 4. The van der Waals surface area contributed by atoms with E-state index >= 15 is 0 Å². The molecule has 124 valence electrons. The first-order valence-corrected chi connectivity index (χ1v) is 14.0. The van der Waals surface area contributed by atoms with E-state index in [1.807, 2.05) is 0 Å². The molecule has 0 saturated carbocycles. The Labute approximate surface area is 134 Å². The molecule has 2 atom stereocenters. The summed E-state index contributed by atoms with van der Waals surface area (Å²) in [5.74, 6) is 0. The van der Waals surface area contributed by atoms with Gasteiger partial charge in [-0.15, -0.1) is 0 Å². The van der Waals surface area contributed by atoms with E-state index in [9.17, 15) is 0 Å². The predicted molar refractivity (Wildman–Crippen MR) is 97.9 cm³/mol. The highest BCUT2D eigenvalue weighted by molar-refractivity contribution is 6.74. The Balaban J connectivity index is 2.61. The van der Waals surface area contributed by atoms with E-state index in [1.165, 1.54) is 0 Å². The molecule has 0 bridgehead atoms. The van der Waals surface area contributed by atoms with E-state index in [0.29, 0.717) is 0 Å². The minimum absolute atomic E-state index is 0.237. The summed E-state index contributed by atoms with van der Waals surface area (Å²) in [4.78, 5) is 0. The first kappa shape index (κ1) is 19.1. The summed E-state index contributed by atoms with van der Waals surface area (Å²) in [6, 6.07) is 0. The zero-order valence-electron chi connectivity index (χ0n) is 15.8. The van der Waals surface area contributed by atoms with Crippen molar-refractivity contribution in [1.82, 2.24) is 0 Å². The molecular weight excluding hydrogens is 292 g/mol. The van der Waals surface area contributed by atoms with Crippen molar-refractivity contribution in [2.45, 2.75) is 96.4 Å². The molecule has 2 nitrogen and oxygen atoms in total. The first-order valence-electron chi connectivity index (χ1n) is 8.20. The van der Waals surface area contributed by atoms with E-state index in [1.54, 1.807) is 0 Å². The second kappa shape index (κ2) is 5.95. The lowest BCUT2D eigenvalue weighted by Gasteiger charge is -2.39. The van der Waals surface area contributed by atoms with Crippen LogP contribution in [0.4, 0.5) is 0 Å². The molecule has 0 spiro atoms. The van der Waals surface area contributed by atoms with Crippen LogP contribution in [-0.4, -0.2) is 28.8 Å². The van der Waals surface area contributed by atoms with Crippen molar-refractivity contribution in [2.24, 2.45) is 0 Å². The van der Waals surface area contributed by atoms with Crippen molar-refractivity contribution in [3.05, 3.63) is 12.2 Å². The third-order valence-corrected chi connectivity index (χ3v) is 14.5. The molecule has 0 radical (unpaired) electrons. The van der Waals surface area contributed by atoms with Gasteiger partial charge in [-0.3, -0.25) is 0 Å². The maximum absolute atomic E-state index is 6.48. The van der Waals surface area contributed by atoms with Crippen LogP contribution >= 0.6 is 0 Å². The van der Waals surface area contributed by atoms with E-state index in [-0.39, 0.29) is 22.3 Å². The van der Waals surface area contributed by atoms with Crippen LogP contribution in [0.5, 0.6) is 0 Å². The Kier molecular flexibility index (Phi) is 5.42. The normalized spacial score (nSPS) is 24.7. The molecule has 0 aromatic carbocycles. The van der Waals surface area contributed by atoms with E-state index in [0.717, 1.165) is 6.42 Å². The summed E-state index contributed by atoms with van der Waals surface area (Å²) < 4.78 is 13.0. The average Bonchev–Trinajstić information content (AvgIpc) is 2.60. The Morgan fingerprint density at radius 3 is 1.24 bits per heavy atom. The number of hydrogen-bond acceptors (Lipinski definition) is 2. The van der Waals surface area contributed by atoms with Crippen molar-refractivity contribution < 1.29 is 8.85 Å². The summed E-state index contributed by atoms with van der Waals surface area (Å²) in [7, 11) is -3.38. The third kappa shape index (κ3) is 4.78. The van der Waals surface area contributed by atoms with Crippen LogP contribution in [0, 0.1) is 0 Å². The predicted octanol–water partition coefficient (Wildman–Crippen LogP) is 5.73. The standard InChI is InChI=1S/C17H36O2Si2/c1-16(2,3)20(7,8)18-14-11-12-15(13-14)19-21(9,10)17(4,5)6/h11-12,14-15H,13H2,1-10H3. The first-order chi connectivity index (χ1) is 9.16. The third-order valence-electron chi connectivity index (χ3n) is 5.51. The molecule has 0 amide bonds. The maximum atomic E-state index is 6.48. The molecule has 0 N–H and O–H groups in total. The molecule has 21 heavy (non-hydrogen) atoms. The molecular formula is C17H36O2Si2. The monoisotopic (exact) mass is 328 g/mol. The second-order valence-electron chi connectivity index (χ2n) is 9.45. The van der Waals surface area contributed by atoms with E-state index in [2.05, 4.69) is 79.9 Å². The van der Waals surface area contributed by atoms with E-state index in [4.69, 9.17) is 8.85 Å². The van der Waals surface area contributed by atoms with E-state index < -0.39 is 16.6 Å². The van der Waals surface area contributed by atoms with Gasteiger partial charge < -0.3 is 8.85 Å². The minimum Gasteiger partial charge on any atom is -0.410 e. The zero-order valence-corrected chi connectivity index (χ0v) is 17.8. The van der Waals surface area contributed by atoms with Gasteiger partial charge in [-0.1, -0.05) is 53.7 Å². The van der Waals surface area contributed by atoms with Gasteiger partial charge in [0.2, 0.25) is 0 Å². The van der Waals surface area contributed by atoms with Gasteiger partial charge >= 0.3 is 0 Å². The van der Waals surface area contributed by atoms with Crippen LogP contribution in [0.15, 0.2) is 12.2 Å². The highest BCUT2D eigenvalue weighted by atomic mass is 28.4. The van der Waals surface area contributed by atoms with Gasteiger partial charge in [0.25, 0.3) is 0 Å². The summed E-state index contributed by atoms with van der Waals surface area (Å²) >= 11 is 0. The molecule has 1 rings (SSSR count). The van der Waals surface area contributed by atoms with Crippen molar-refractivity contribution >= 4 is 16.6 Å². The Hall–Kier alpha value is 0.0938. The molecule has 0 aliphatic heterocycles. The van der Waals surface area contributed by atoms with Crippen molar-refractivity contribution in [1.29, 1.82) is 0 Å². The van der Waals surface area contributed by atoms with Crippen LogP contribution in [0.1, 0.15) is 48.0 Å². The molecule has 1 aliphatic rings. The van der Waals surface area contributed by atoms with Gasteiger partial charge in [0.1, 0.15) is 0 Å². The van der Waals surface area contributed by atoms with Crippen molar-refractivity contribution in [3.63, 3.8) is 0 Å². The lowest BCUT2D eigenvalue weighted by Crippen LogP contribution is -2.45. The molecule has 0 fully saturated rings. The fraction of sp³-hybridized carbons (Fsp3) is 0.882. The highest BCUT2D eigenvalue weighted by Gasteiger charge is 2.42. The molecule has 1 aliphatic carbocycles. The van der Waals surface area contributed by atoms with Crippen molar-refractivity contribution in [2.75, 3.05) is 0 Å². The van der Waals surface area contributed by atoms with Gasteiger partial charge in [-0.25, -0.2) is 0 Å². The topological polar surface area (TPSA) is 18.5 Å². The van der Waals surface area contributed by atoms with Crippen LogP contribution < -0.4 is 0 Å². The Morgan fingerprint density at radius 2 is 1.00 bits per heavy atom. The van der Waals surface area contributed by atoms with Crippen LogP contribution in [-0.2, 0) is 8.85 Å². The smallest absolute Gasteiger partial charge is 0.192 e. The molecule has 0 aromatic heterocycles. The molecule has 0 aromatic rings. The van der Waals surface area contributed by atoms with Gasteiger partial charge in [0, 0.05) is 6.42 Å². The molecule has 2 unspecified atom stereocenters. The molecule has 0 heterocycles. The number of hydrogen-bond donors (Lipinski definition) is 0. The molecule has 0 saturated heterocycles. The van der Waals surface area contributed by atoms with Crippen LogP contribution in [0.2, 0.25) is 36.3 Å². The van der Waals surface area contributed by atoms with Gasteiger partial charge in [-0.05, 0) is 36.3 Å². The fourth-order valence-corrected chi connectivity index (χ4v) is 4.49. The second-order valence-corrected chi connectivity index (χ2v) is 19.0. The Morgan fingerprint density at radius 1 is 0.714 bits per heavy atom. The summed E-state index contributed by atoms with van der Waals surface area (Å²) in [6.45, 7) is 23.0. The minimum atomic E-state index is -1.69. The van der Waals surface area contributed by atoms with Gasteiger partial charge in [0.15, 0.2) is 16.6 Å².